The first-order valence-electron chi connectivity index (χ1n) is 9.41. The first-order valence-corrected chi connectivity index (χ1v) is 10.3. The number of rotatable bonds is 5. The number of imidazole rings is 1. The van der Waals surface area contributed by atoms with Gasteiger partial charge in [0.05, 0.1) is 17.1 Å². The molecule has 0 saturated heterocycles. The maximum atomic E-state index is 6.02. The molecule has 0 aromatic carbocycles. The number of nitrogens with zero attached hydrogens (tertiary/aromatic N) is 4. The van der Waals surface area contributed by atoms with Gasteiger partial charge in [-0.25, -0.2) is 14.5 Å². The Morgan fingerprint density at radius 2 is 1.93 bits per heavy atom. The van der Waals surface area contributed by atoms with E-state index < -0.39 is 0 Å². The third-order valence-corrected chi connectivity index (χ3v) is 5.94. The molecule has 0 aliphatic rings. The summed E-state index contributed by atoms with van der Waals surface area (Å²) in [5.41, 5.74) is 6.24. The summed E-state index contributed by atoms with van der Waals surface area (Å²) >= 11 is 1.57. The van der Waals surface area contributed by atoms with Gasteiger partial charge in [-0.15, -0.1) is 11.3 Å². The number of fused-ring (bicyclic) bond motifs is 1. The average Bonchev–Trinajstić information content (AvgIpc) is 3.35. The number of thiazole rings is 1. The van der Waals surface area contributed by atoms with Gasteiger partial charge in [-0.05, 0) is 51.7 Å². The summed E-state index contributed by atoms with van der Waals surface area (Å²) < 4.78 is 8.02. The summed E-state index contributed by atoms with van der Waals surface area (Å²) in [5, 5.41) is 7.64. The normalized spacial score (nSPS) is 11.8. The van der Waals surface area contributed by atoms with Gasteiger partial charge in [0.25, 0.3) is 0 Å². The lowest BCUT2D eigenvalue weighted by Gasteiger charge is -2.14. The molecular weight excluding hydrogens is 356 g/mol. The Morgan fingerprint density at radius 3 is 2.59 bits per heavy atom. The molecule has 0 aliphatic carbocycles. The first kappa shape index (κ1) is 17.9. The van der Waals surface area contributed by atoms with E-state index in [2.05, 4.69) is 31.0 Å². The first-order chi connectivity index (χ1) is 13.0. The van der Waals surface area contributed by atoms with Crippen LogP contribution in [0, 0.1) is 20.8 Å². The third-order valence-electron chi connectivity index (χ3n) is 5.15. The third kappa shape index (κ3) is 2.98. The molecular formula is C21H24N4OS. The summed E-state index contributed by atoms with van der Waals surface area (Å²) in [4.78, 5) is 9.27. The van der Waals surface area contributed by atoms with E-state index in [9.17, 15) is 0 Å². The van der Waals surface area contributed by atoms with Crippen molar-refractivity contribution in [3.05, 3.63) is 46.4 Å². The second kappa shape index (κ2) is 6.93. The summed E-state index contributed by atoms with van der Waals surface area (Å²) in [6.07, 6.45) is 3.98. The minimum Gasteiger partial charge on any atom is -0.458 e. The zero-order valence-corrected chi connectivity index (χ0v) is 17.2. The molecule has 4 heterocycles. The molecule has 0 saturated carbocycles. The van der Waals surface area contributed by atoms with Gasteiger partial charge in [0.2, 0.25) is 0 Å². The molecule has 0 N–H and O–H groups in total. The van der Waals surface area contributed by atoms with Crippen molar-refractivity contribution in [2.45, 2.75) is 53.4 Å². The van der Waals surface area contributed by atoms with Gasteiger partial charge in [-0.2, -0.15) is 5.10 Å². The van der Waals surface area contributed by atoms with Gasteiger partial charge in [0.15, 0.2) is 16.4 Å². The SMILES string of the molecule is CCC(CC)c1cc(C)nn2c(-c3cc(-c4nccs4)oc3C)c(C)nc12. The van der Waals surface area contributed by atoms with E-state index in [1.54, 1.807) is 17.5 Å². The van der Waals surface area contributed by atoms with Crippen LogP contribution in [0.25, 0.3) is 27.7 Å². The lowest BCUT2D eigenvalue weighted by molar-refractivity contribution is 0.548. The van der Waals surface area contributed by atoms with Crippen molar-refractivity contribution in [3.63, 3.8) is 0 Å². The maximum Gasteiger partial charge on any atom is 0.163 e. The van der Waals surface area contributed by atoms with E-state index in [1.165, 1.54) is 5.56 Å². The van der Waals surface area contributed by atoms with Gasteiger partial charge < -0.3 is 4.42 Å². The van der Waals surface area contributed by atoms with Crippen molar-refractivity contribution >= 4 is 17.0 Å². The van der Waals surface area contributed by atoms with Crippen LogP contribution in [0.3, 0.4) is 0 Å². The van der Waals surface area contributed by atoms with Crippen molar-refractivity contribution < 1.29 is 4.42 Å². The molecule has 4 aromatic heterocycles. The van der Waals surface area contributed by atoms with Crippen LogP contribution in [0.5, 0.6) is 0 Å². The number of aryl methyl sites for hydroxylation is 3. The predicted molar refractivity (Wildman–Crippen MR) is 109 cm³/mol. The monoisotopic (exact) mass is 380 g/mol. The van der Waals surface area contributed by atoms with Crippen LogP contribution in [0.1, 0.15) is 55.3 Å². The molecule has 6 heteroatoms. The summed E-state index contributed by atoms with van der Waals surface area (Å²) in [7, 11) is 0. The molecule has 4 aromatic rings. The van der Waals surface area contributed by atoms with Gasteiger partial charge in [-0.1, -0.05) is 13.8 Å². The van der Waals surface area contributed by atoms with E-state index in [4.69, 9.17) is 14.5 Å². The van der Waals surface area contributed by atoms with Crippen molar-refractivity contribution in [2.75, 3.05) is 0 Å². The quantitative estimate of drug-likeness (QED) is 0.430. The predicted octanol–water partition coefficient (Wildman–Crippen LogP) is 5.94. The Balaban J connectivity index is 1.95. The minimum absolute atomic E-state index is 0.486. The fourth-order valence-corrected chi connectivity index (χ4v) is 4.37. The van der Waals surface area contributed by atoms with E-state index in [0.29, 0.717) is 5.92 Å². The van der Waals surface area contributed by atoms with Crippen LogP contribution in [-0.4, -0.2) is 19.6 Å². The van der Waals surface area contributed by atoms with E-state index in [1.807, 2.05) is 30.7 Å². The number of furan rings is 1. The van der Waals surface area contributed by atoms with Crippen LogP contribution < -0.4 is 0 Å². The Bertz CT molecular complexity index is 1090. The standard InChI is InChI=1S/C21H24N4OS/c1-6-15(7-2)17-10-12(3)24-25-19(13(4)23-20(17)25)16-11-18(26-14(16)5)21-22-8-9-27-21/h8-11,15H,6-7H2,1-5H3. The molecule has 0 spiro atoms. The number of hydrogen-bond donors (Lipinski definition) is 0. The smallest absolute Gasteiger partial charge is 0.163 e. The van der Waals surface area contributed by atoms with Gasteiger partial charge >= 0.3 is 0 Å². The van der Waals surface area contributed by atoms with Crippen LogP contribution in [0.15, 0.2) is 28.1 Å². The Kier molecular flexibility index (Phi) is 4.60. The zero-order chi connectivity index (χ0) is 19.1. The highest BCUT2D eigenvalue weighted by atomic mass is 32.1. The number of hydrogen-bond acceptors (Lipinski definition) is 5. The van der Waals surface area contributed by atoms with E-state index >= 15 is 0 Å². The van der Waals surface area contributed by atoms with Crippen LogP contribution in [-0.2, 0) is 0 Å². The highest BCUT2D eigenvalue weighted by molar-refractivity contribution is 7.13. The van der Waals surface area contributed by atoms with Crippen LogP contribution in [0.2, 0.25) is 0 Å². The average molecular weight is 381 g/mol. The highest BCUT2D eigenvalue weighted by Gasteiger charge is 2.22. The molecule has 0 amide bonds. The fourth-order valence-electron chi connectivity index (χ4n) is 3.78. The molecule has 0 aliphatic heterocycles. The molecule has 0 radical (unpaired) electrons. The van der Waals surface area contributed by atoms with Crippen molar-refractivity contribution in [2.24, 2.45) is 0 Å². The van der Waals surface area contributed by atoms with Crippen molar-refractivity contribution in [1.82, 2.24) is 19.6 Å². The van der Waals surface area contributed by atoms with Gasteiger partial charge in [-0.3, -0.25) is 0 Å². The molecule has 0 unspecified atom stereocenters. The molecule has 0 atom stereocenters. The van der Waals surface area contributed by atoms with Crippen molar-refractivity contribution in [3.8, 4) is 22.0 Å². The fraction of sp³-hybridized carbons (Fsp3) is 0.381. The van der Waals surface area contributed by atoms with Crippen LogP contribution >= 0.6 is 11.3 Å². The molecule has 0 fully saturated rings. The topological polar surface area (TPSA) is 56.2 Å². The molecule has 140 valence electrons. The van der Waals surface area contributed by atoms with Crippen LogP contribution in [0.4, 0.5) is 0 Å². The van der Waals surface area contributed by atoms with Gasteiger partial charge in [0, 0.05) is 22.7 Å². The lowest BCUT2D eigenvalue weighted by atomic mass is 9.95. The van der Waals surface area contributed by atoms with Gasteiger partial charge in [0.1, 0.15) is 5.76 Å². The summed E-state index contributed by atoms with van der Waals surface area (Å²) in [6, 6.07) is 4.25. The zero-order valence-electron chi connectivity index (χ0n) is 16.4. The van der Waals surface area contributed by atoms with Crippen molar-refractivity contribution in [1.29, 1.82) is 0 Å². The summed E-state index contributed by atoms with van der Waals surface area (Å²) in [6.45, 7) is 10.6. The molecule has 0 bridgehead atoms. The van der Waals surface area contributed by atoms with E-state index in [-0.39, 0.29) is 0 Å². The summed E-state index contributed by atoms with van der Waals surface area (Å²) in [5.74, 6) is 2.14. The lowest BCUT2D eigenvalue weighted by Crippen LogP contribution is -2.05. The second-order valence-corrected chi connectivity index (χ2v) is 7.85. The Morgan fingerprint density at radius 1 is 1.15 bits per heavy atom. The van der Waals surface area contributed by atoms with E-state index in [0.717, 1.165) is 57.7 Å². The maximum absolute atomic E-state index is 6.02. The molecule has 4 rings (SSSR count). The molecule has 5 nitrogen and oxygen atoms in total. The molecule has 27 heavy (non-hydrogen) atoms. The Hall–Kier alpha value is -2.47. The Labute approximate surface area is 163 Å². The largest absolute Gasteiger partial charge is 0.458 e. The number of aromatic nitrogens is 4. The second-order valence-electron chi connectivity index (χ2n) is 6.95. The minimum atomic E-state index is 0.486. The highest BCUT2D eigenvalue weighted by Crippen LogP contribution is 2.36.